The number of benzene rings is 2. The molecule has 1 fully saturated rings. The van der Waals surface area contributed by atoms with Gasteiger partial charge in [0.2, 0.25) is 0 Å². The van der Waals surface area contributed by atoms with Crippen molar-refractivity contribution in [2.75, 3.05) is 6.61 Å². The summed E-state index contributed by atoms with van der Waals surface area (Å²) in [5, 5.41) is 11.9. The molecule has 1 unspecified atom stereocenters. The lowest BCUT2D eigenvalue weighted by Crippen LogP contribution is -2.42. The van der Waals surface area contributed by atoms with Gasteiger partial charge >= 0.3 is 0 Å². The third kappa shape index (κ3) is 2.05. The summed E-state index contributed by atoms with van der Waals surface area (Å²) < 4.78 is 6.07. The molecular weight excluding hydrogens is 272 g/mol. The van der Waals surface area contributed by atoms with Gasteiger partial charge in [-0.2, -0.15) is 0 Å². The lowest BCUT2D eigenvalue weighted by Gasteiger charge is -2.41. The van der Waals surface area contributed by atoms with Crippen LogP contribution in [0.4, 0.5) is 0 Å². The number of ether oxygens (including phenoxy) is 1. The van der Waals surface area contributed by atoms with E-state index in [-0.39, 0.29) is 5.92 Å². The lowest BCUT2D eigenvalue weighted by atomic mass is 9.65. The first-order valence-corrected chi connectivity index (χ1v) is 8.30. The molecule has 0 amide bonds. The van der Waals surface area contributed by atoms with Gasteiger partial charge in [0.15, 0.2) is 0 Å². The minimum Gasteiger partial charge on any atom is -0.493 e. The third-order valence-corrected chi connectivity index (χ3v) is 5.41. The van der Waals surface area contributed by atoms with E-state index < -0.39 is 5.60 Å². The Hall–Kier alpha value is -1.80. The predicted molar refractivity (Wildman–Crippen MR) is 86.8 cm³/mol. The Morgan fingerprint density at radius 3 is 2.50 bits per heavy atom. The predicted octanol–water partition coefficient (Wildman–Crippen LogP) is 4.12. The molecule has 0 saturated heterocycles. The Bertz CT molecular complexity index is 652. The molecule has 1 N–H and O–H groups in total. The van der Waals surface area contributed by atoms with Crippen molar-refractivity contribution in [3.8, 4) is 5.75 Å². The fourth-order valence-corrected chi connectivity index (χ4v) is 4.32. The Kier molecular flexibility index (Phi) is 3.42. The first-order valence-electron chi connectivity index (χ1n) is 8.30. The average Bonchev–Trinajstić information content (AvgIpc) is 2.73. The molecule has 1 heterocycles. The van der Waals surface area contributed by atoms with Crippen molar-refractivity contribution >= 4 is 0 Å². The summed E-state index contributed by atoms with van der Waals surface area (Å²) in [6.07, 6.45) is 4.64. The average molecular weight is 294 g/mol. The van der Waals surface area contributed by atoms with E-state index in [0.717, 1.165) is 36.3 Å². The van der Waals surface area contributed by atoms with E-state index in [1.807, 2.05) is 54.6 Å². The number of fused-ring (bicyclic) bond motifs is 2. The molecule has 1 saturated carbocycles. The minimum absolute atomic E-state index is 0.229. The molecule has 0 spiro atoms. The lowest BCUT2D eigenvalue weighted by molar-refractivity contribution is -0.0285. The number of hydrogen-bond acceptors (Lipinski definition) is 2. The first kappa shape index (κ1) is 13.8. The van der Waals surface area contributed by atoms with Gasteiger partial charge in [0.25, 0.3) is 0 Å². The zero-order valence-electron chi connectivity index (χ0n) is 12.7. The van der Waals surface area contributed by atoms with Crippen LogP contribution in [0.2, 0.25) is 0 Å². The summed E-state index contributed by atoms with van der Waals surface area (Å²) in [4.78, 5) is 0. The number of para-hydroxylation sites is 1. The molecule has 0 radical (unpaired) electrons. The molecule has 2 heteroatoms. The SMILES string of the molecule is OC1(c2ccccc2)c2ccccc2OC[C@@H]2CCCC[C@@H]21. The number of rotatable bonds is 1. The molecule has 1 aliphatic carbocycles. The standard InChI is InChI=1S/C20H22O2/c21-20(16-9-2-1-3-10-16)17-11-5-4-8-15(17)14-22-19-13-7-6-12-18(19)20/h1-3,6-7,9-10,12-13,15,17,21H,4-5,8,11,14H2/t15-,17-,20?/m0/s1. The summed E-state index contributed by atoms with van der Waals surface area (Å²) in [5.74, 6) is 1.49. The first-order chi connectivity index (χ1) is 10.8. The van der Waals surface area contributed by atoms with Gasteiger partial charge in [-0.15, -0.1) is 0 Å². The smallest absolute Gasteiger partial charge is 0.125 e. The zero-order valence-corrected chi connectivity index (χ0v) is 12.7. The van der Waals surface area contributed by atoms with E-state index >= 15 is 0 Å². The molecule has 0 bridgehead atoms. The highest BCUT2D eigenvalue weighted by Crippen LogP contribution is 2.50. The van der Waals surface area contributed by atoms with Crippen molar-refractivity contribution in [3.05, 3.63) is 65.7 Å². The summed E-state index contributed by atoms with van der Waals surface area (Å²) >= 11 is 0. The molecule has 1 aliphatic heterocycles. The van der Waals surface area contributed by atoms with Crippen molar-refractivity contribution in [2.45, 2.75) is 31.3 Å². The summed E-state index contributed by atoms with van der Waals surface area (Å²) in [6, 6.07) is 18.1. The van der Waals surface area contributed by atoms with Crippen molar-refractivity contribution < 1.29 is 9.84 Å². The highest BCUT2D eigenvalue weighted by molar-refractivity contribution is 5.46. The van der Waals surface area contributed by atoms with Crippen LogP contribution in [0.3, 0.4) is 0 Å². The summed E-state index contributed by atoms with van der Waals surface area (Å²) in [5.41, 5.74) is 0.972. The van der Waals surface area contributed by atoms with Gasteiger partial charge in [0.1, 0.15) is 11.4 Å². The van der Waals surface area contributed by atoms with Crippen LogP contribution < -0.4 is 4.74 Å². The van der Waals surface area contributed by atoms with Crippen LogP contribution in [0.25, 0.3) is 0 Å². The van der Waals surface area contributed by atoms with Crippen LogP contribution in [0.1, 0.15) is 36.8 Å². The maximum atomic E-state index is 11.9. The highest BCUT2D eigenvalue weighted by Gasteiger charge is 2.48. The zero-order chi connectivity index (χ0) is 15.0. The molecule has 2 aliphatic rings. The van der Waals surface area contributed by atoms with Crippen LogP contribution >= 0.6 is 0 Å². The topological polar surface area (TPSA) is 29.5 Å². The van der Waals surface area contributed by atoms with Gasteiger partial charge in [0, 0.05) is 11.5 Å². The molecule has 2 aromatic carbocycles. The van der Waals surface area contributed by atoms with Crippen molar-refractivity contribution in [3.63, 3.8) is 0 Å². The summed E-state index contributed by atoms with van der Waals surface area (Å²) in [7, 11) is 0. The van der Waals surface area contributed by atoms with E-state index in [9.17, 15) is 5.11 Å². The largest absolute Gasteiger partial charge is 0.493 e. The van der Waals surface area contributed by atoms with Crippen molar-refractivity contribution in [2.24, 2.45) is 11.8 Å². The fourth-order valence-electron chi connectivity index (χ4n) is 4.32. The molecule has 4 rings (SSSR count). The quantitative estimate of drug-likeness (QED) is 0.857. The third-order valence-electron chi connectivity index (χ3n) is 5.41. The maximum Gasteiger partial charge on any atom is 0.125 e. The molecule has 3 atom stereocenters. The van der Waals surface area contributed by atoms with Crippen molar-refractivity contribution in [1.29, 1.82) is 0 Å². The van der Waals surface area contributed by atoms with Crippen LogP contribution in [0, 0.1) is 11.8 Å². The van der Waals surface area contributed by atoms with Gasteiger partial charge in [-0.3, -0.25) is 0 Å². The second-order valence-electron chi connectivity index (χ2n) is 6.59. The Morgan fingerprint density at radius 2 is 1.64 bits per heavy atom. The molecule has 0 aromatic heterocycles. The van der Waals surface area contributed by atoms with Crippen molar-refractivity contribution in [1.82, 2.24) is 0 Å². The summed E-state index contributed by atoms with van der Waals surface area (Å²) in [6.45, 7) is 0.719. The highest BCUT2D eigenvalue weighted by atomic mass is 16.5. The maximum absolute atomic E-state index is 11.9. The molecule has 2 aromatic rings. The van der Waals surface area contributed by atoms with E-state index in [1.165, 1.54) is 12.8 Å². The van der Waals surface area contributed by atoms with E-state index in [1.54, 1.807) is 0 Å². The minimum atomic E-state index is -0.945. The van der Waals surface area contributed by atoms with Gasteiger partial charge in [0.05, 0.1) is 6.61 Å². The fraction of sp³-hybridized carbons (Fsp3) is 0.400. The Balaban J connectivity index is 1.93. The van der Waals surface area contributed by atoms with Crippen LogP contribution in [0.15, 0.2) is 54.6 Å². The van der Waals surface area contributed by atoms with Crippen LogP contribution in [0.5, 0.6) is 5.75 Å². The van der Waals surface area contributed by atoms with Gasteiger partial charge in [-0.05, 0) is 30.4 Å². The number of hydrogen-bond donors (Lipinski definition) is 1. The van der Waals surface area contributed by atoms with E-state index in [2.05, 4.69) is 0 Å². The van der Waals surface area contributed by atoms with Crippen LogP contribution in [-0.4, -0.2) is 11.7 Å². The van der Waals surface area contributed by atoms with Gasteiger partial charge in [-0.1, -0.05) is 61.4 Å². The molecule has 2 nitrogen and oxygen atoms in total. The van der Waals surface area contributed by atoms with E-state index in [4.69, 9.17) is 4.74 Å². The Morgan fingerprint density at radius 1 is 0.909 bits per heavy atom. The second-order valence-corrected chi connectivity index (χ2v) is 6.59. The van der Waals surface area contributed by atoms with E-state index in [0.29, 0.717) is 5.92 Å². The molecule has 22 heavy (non-hydrogen) atoms. The normalized spacial score (nSPS) is 30.6. The van der Waals surface area contributed by atoms with Gasteiger partial charge < -0.3 is 9.84 Å². The molecular formula is C20H22O2. The number of aliphatic hydroxyl groups is 1. The monoisotopic (exact) mass is 294 g/mol. The molecule has 114 valence electrons. The second kappa shape index (κ2) is 5.44. The van der Waals surface area contributed by atoms with Gasteiger partial charge in [-0.25, -0.2) is 0 Å². The van der Waals surface area contributed by atoms with Crippen LogP contribution in [-0.2, 0) is 5.60 Å². The Labute approximate surface area is 131 Å².